The van der Waals surface area contributed by atoms with Gasteiger partial charge in [0.1, 0.15) is 11.6 Å². The summed E-state index contributed by atoms with van der Waals surface area (Å²) in [4.78, 5) is 12.1. The van der Waals surface area contributed by atoms with Crippen LogP contribution in [0.15, 0.2) is 18.2 Å². The van der Waals surface area contributed by atoms with Crippen molar-refractivity contribution < 1.29 is 9.18 Å². The number of nitrogens with two attached hydrogens (primary N) is 1. The molecule has 1 fully saturated rings. The fraction of sp³-hybridized carbons (Fsp3) is 0.500. The highest BCUT2D eigenvalue weighted by Crippen LogP contribution is 2.26. The van der Waals surface area contributed by atoms with Crippen LogP contribution >= 0.6 is 11.6 Å². The summed E-state index contributed by atoms with van der Waals surface area (Å²) in [6, 6.07) is 4.30. The van der Waals surface area contributed by atoms with Gasteiger partial charge in [-0.3, -0.25) is 4.79 Å². The van der Waals surface area contributed by atoms with E-state index in [4.69, 9.17) is 17.3 Å². The molecule has 0 spiro atoms. The van der Waals surface area contributed by atoms with E-state index in [1.54, 1.807) is 6.07 Å². The molecule has 0 heterocycles. The summed E-state index contributed by atoms with van der Waals surface area (Å²) >= 11 is 5.92. The molecule has 0 aliphatic heterocycles. The van der Waals surface area contributed by atoms with E-state index in [-0.39, 0.29) is 30.0 Å². The Morgan fingerprint density at radius 1 is 1.44 bits per heavy atom. The van der Waals surface area contributed by atoms with Crippen molar-refractivity contribution >= 4 is 17.4 Å². The molecule has 1 aromatic carbocycles. The normalized spacial score (nSPS) is 23.9. The predicted molar refractivity (Wildman–Crippen MR) is 70.1 cm³/mol. The molecular formula is C14H17ClFNO. The zero-order chi connectivity index (χ0) is 13.1. The third kappa shape index (κ3) is 3.30. The molecule has 0 bridgehead atoms. The molecule has 2 unspecified atom stereocenters. The number of carbonyl (C=O) groups is 1. The van der Waals surface area contributed by atoms with Crippen LogP contribution in [0.4, 0.5) is 4.39 Å². The van der Waals surface area contributed by atoms with Crippen LogP contribution in [0.25, 0.3) is 0 Å². The average molecular weight is 270 g/mol. The first kappa shape index (κ1) is 13.5. The van der Waals surface area contributed by atoms with Crippen LogP contribution in [-0.2, 0) is 11.2 Å². The van der Waals surface area contributed by atoms with E-state index in [2.05, 4.69) is 0 Å². The number of benzene rings is 1. The van der Waals surface area contributed by atoms with E-state index in [1.165, 1.54) is 12.1 Å². The summed E-state index contributed by atoms with van der Waals surface area (Å²) in [7, 11) is 0. The van der Waals surface area contributed by atoms with Crippen molar-refractivity contribution in [2.45, 2.75) is 38.1 Å². The van der Waals surface area contributed by atoms with Crippen LogP contribution in [0, 0.1) is 11.7 Å². The third-order valence-corrected chi connectivity index (χ3v) is 3.90. The summed E-state index contributed by atoms with van der Waals surface area (Å²) in [5, 5.41) is 0.323. The molecule has 0 aromatic heterocycles. The lowest BCUT2D eigenvalue weighted by Crippen LogP contribution is -2.32. The molecule has 18 heavy (non-hydrogen) atoms. The molecule has 1 saturated carbocycles. The Morgan fingerprint density at radius 3 is 2.89 bits per heavy atom. The Balaban J connectivity index is 2.02. The fourth-order valence-corrected chi connectivity index (χ4v) is 2.75. The zero-order valence-corrected chi connectivity index (χ0v) is 10.9. The van der Waals surface area contributed by atoms with Crippen LogP contribution in [0.3, 0.4) is 0 Å². The minimum atomic E-state index is -0.379. The molecule has 0 radical (unpaired) electrons. The Morgan fingerprint density at radius 2 is 2.22 bits per heavy atom. The van der Waals surface area contributed by atoms with E-state index < -0.39 is 0 Å². The quantitative estimate of drug-likeness (QED) is 0.916. The van der Waals surface area contributed by atoms with Gasteiger partial charge in [0, 0.05) is 23.4 Å². The Hall–Kier alpha value is -0.930. The van der Waals surface area contributed by atoms with Gasteiger partial charge < -0.3 is 5.73 Å². The van der Waals surface area contributed by atoms with Crippen molar-refractivity contribution in [3.8, 4) is 0 Å². The molecule has 1 aromatic rings. The van der Waals surface area contributed by atoms with Gasteiger partial charge in [0.25, 0.3) is 0 Å². The number of halogens is 2. The highest BCUT2D eigenvalue weighted by molar-refractivity contribution is 6.31. The first-order valence-corrected chi connectivity index (χ1v) is 6.66. The molecule has 0 amide bonds. The van der Waals surface area contributed by atoms with Gasteiger partial charge in [-0.25, -0.2) is 4.39 Å². The van der Waals surface area contributed by atoms with Crippen molar-refractivity contribution in [3.05, 3.63) is 34.6 Å². The molecule has 1 aliphatic carbocycles. The molecule has 4 heteroatoms. The van der Waals surface area contributed by atoms with Crippen molar-refractivity contribution in [2.24, 2.45) is 11.7 Å². The number of hydrogen-bond acceptors (Lipinski definition) is 2. The van der Waals surface area contributed by atoms with Gasteiger partial charge in [-0.1, -0.05) is 24.1 Å². The van der Waals surface area contributed by atoms with Crippen LogP contribution in [-0.4, -0.2) is 11.8 Å². The highest BCUT2D eigenvalue weighted by atomic mass is 35.5. The number of rotatable bonds is 3. The van der Waals surface area contributed by atoms with Crippen LogP contribution < -0.4 is 5.73 Å². The standard InChI is InChI=1S/C14H17ClFNO/c15-13-8-11(16)5-4-9(13)7-14(18)10-2-1-3-12(17)6-10/h4-5,8,10,12H,1-3,6-7,17H2. The third-order valence-electron chi connectivity index (χ3n) is 3.55. The van der Waals surface area contributed by atoms with E-state index in [0.717, 1.165) is 25.7 Å². The maximum Gasteiger partial charge on any atom is 0.140 e. The van der Waals surface area contributed by atoms with E-state index in [0.29, 0.717) is 10.6 Å². The first-order valence-electron chi connectivity index (χ1n) is 6.28. The zero-order valence-electron chi connectivity index (χ0n) is 10.2. The van der Waals surface area contributed by atoms with Crippen molar-refractivity contribution in [2.75, 3.05) is 0 Å². The molecule has 0 saturated heterocycles. The van der Waals surface area contributed by atoms with Crippen LogP contribution in [0.1, 0.15) is 31.2 Å². The van der Waals surface area contributed by atoms with E-state index >= 15 is 0 Å². The molecule has 2 N–H and O–H groups in total. The number of ketones is 1. The maximum atomic E-state index is 12.9. The largest absolute Gasteiger partial charge is 0.328 e. The molecule has 2 atom stereocenters. The first-order chi connectivity index (χ1) is 8.56. The summed E-state index contributed by atoms with van der Waals surface area (Å²) in [5.74, 6) is -0.176. The SMILES string of the molecule is NC1CCCC(C(=O)Cc2ccc(F)cc2Cl)C1. The van der Waals surface area contributed by atoms with E-state index in [1.807, 2.05) is 0 Å². The van der Waals surface area contributed by atoms with E-state index in [9.17, 15) is 9.18 Å². The average Bonchev–Trinajstić information content (AvgIpc) is 2.32. The second-order valence-electron chi connectivity index (χ2n) is 5.00. The Kier molecular flexibility index (Phi) is 4.36. The topological polar surface area (TPSA) is 43.1 Å². The van der Waals surface area contributed by atoms with Gasteiger partial charge in [-0.2, -0.15) is 0 Å². The van der Waals surface area contributed by atoms with Crippen molar-refractivity contribution in [1.82, 2.24) is 0 Å². The minimum absolute atomic E-state index is 0.0369. The number of hydrogen-bond donors (Lipinski definition) is 1. The van der Waals surface area contributed by atoms with Crippen molar-refractivity contribution in [1.29, 1.82) is 0 Å². The molecule has 2 rings (SSSR count). The molecule has 1 aliphatic rings. The van der Waals surface area contributed by atoms with Crippen LogP contribution in [0.2, 0.25) is 5.02 Å². The maximum absolute atomic E-state index is 12.9. The smallest absolute Gasteiger partial charge is 0.140 e. The molecular weight excluding hydrogens is 253 g/mol. The monoisotopic (exact) mass is 269 g/mol. The molecule has 2 nitrogen and oxygen atoms in total. The lowest BCUT2D eigenvalue weighted by atomic mass is 9.82. The van der Waals surface area contributed by atoms with Gasteiger partial charge >= 0.3 is 0 Å². The van der Waals surface area contributed by atoms with Gasteiger partial charge in [0.2, 0.25) is 0 Å². The fourth-order valence-electron chi connectivity index (χ4n) is 2.52. The number of carbonyl (C=O) groups excluding carboxylic acids is 1. The lowest BCUT2D eigenvalue weighted by Gasteiger charge is -2.25. The Bertz CT molecular complexity index is 449. The summed E-state index contributed by atoms with van der Waals surface area (Å²) in [5.41, 5.74) is 6.57. The second kappa shape index (κ2) is 5.81. The summed E-state index contributed by atoms with van der Waals surface area (Å²) in [6.45, 7) is 0. The second-order valence-corrected chi connectivity index (χ2v) is 5.41. The van der Waals surface area contributed by atoms with Crippen LogP contribution in [0.5, 0.6) is 0 Å². The van der Waals surface area contributed by atoms with Gasteiger partial charge in [-0.15, -0.1) is 0 Å². The highest BCUT2D eigenvalue weighted by Gasteiger charge is 2.25. The van der Waals surface area contributed by atoms with Gasteiger partial charge in [0.15, 0.2) is 0 Å². The van der Waals surface area contributed by atoms with Crippen molar-refractivity contribution in [3.63, 3.8) is 0 Å². The minimum Gasteiger partial charge on any atom is -0.328 e. The molecule has 98 valence electrons. The van der Waals surface area contributed by atoms with Gasteiger partial charge in [-0.05, 0) is 37.0 Å². The lowest BCUT2D eigenvalue weighted by molar-refractivity contribution is -0.123. The Labute approximate surface area is 111 Å². The predicted octanol–water partition coefficient (Wildman–Crippen LogP) is 3.11. The summed E-state index contributed by atoms with van der Waals surface area (Å²) < 4.78 is 12.9. The number of Topliss-reactive ketones (excluding diaryl/α,β-unsaturated/α-hetero) is 1. The summed E-state index contributed by atoms with van der Waals surface area (Å²) in [6.07, 6.45) is 3.95. The van der Waals surface area contributed by atoms with Gasteiger partial charge in [0.05, 0.1) is 0 Å².